The van der Waals surface area contributed by atoms with E-state index in [1.54, 1.807) is 0 Å². The minimum atomic E-state index is -0.138. The molecule has 0 aliphatic heterocycles. The van der Waals surface area contributed by atoms with Gasteiger partial charge in [-0.2, -0.15) is 5.10 Å². The summed E-state index contributed by atoms with van der Waals surface area (Å²) in [5.41, 5.74) is 5.52. The molecular weight excluding hydrogens is 250 g/mol. The SMILES string of the molecule is CC1CCCC/C1=N/NC(=O)c1ccc(N(C)C)cc1. The lowest BCUT2D eigenvalue weighted by atomic mass is 9.89. The number of carbonyl (C=O) groups excluding carboxylic acids is 1. The molecular formula is C16H23N3O. The fraction of sp³-hybridized carbons (Fsp3) is 0.500. The summed E-state index contributed by atoms with van der Waals surface area (Å²) >= 11 is 0. The van der Waals surface area contributed by atoms with Crippen LogP contribution in [0.4, 0.5) is 5.69 Å². The molecule has 1 saturated carbocycles. The first-order chi connectivity index (χ1) is 9.58. The van der Waals surface area contributed by atoms with Crippen molar-refractivity contribution in [1.82, 2.24) is 5.43 Å². The van der Waals surface area contributed by atoms with Crippen molar-refractivity contribution in [3.8, 4) is 0 Å². The molecule has 108 valence electrons. The van der Waals surface area contributed by atoms with Gasteiger partial charge in [0, 0.05) is 31.1 Å². The van der Waals surface area contributed by atoms with Crippen LogP contribution in [0.25, 0.3) is 0 Å². The number of carbonyl (C=O) groups is 1. The molecule has 1 aromatic carbocycles. The molecule has 1 unspecified atom stereocenters. The molecule has 0 saturated heterocycles. The second-order valence-corrected chi connectivity index (χ2v) is 5.63. The van der Waals surface area contributed by atoms with Gasteiger partial charge in [-0.15, -0.1) is 0 Å². The Bertz CT molecular complexity index is 491. The fourth-order valence-corrected chi connectivity index (χ4v) is 2.43. The van der Waals surface area contributed by atoms with Gasteiger partial charge in [0.1, 0.15) is 0 Å². The summed E-state index contributed by atoms with van der Waals surface area (Å²) in [5.74, 6) is 0.348. The predicted octanol–water partition coefficient (Wildman–Crippen LogP) is 3.05. The first-order valence-corrected chi connectivity index (χ1v) is 7.22. The van der Waals surface area contributed by atoms with E-state index >= 15 is 0 Å². The van der Waals surface area contributed by atoms with Crippen LogP contribution < -0.4 is 10.3 Å². The van der Waals surface area contributed by atoms with Crippen LogP contribution in [-0.2, 0) is 0 Å². The number of nitrogens with zero attached hydrogens (tertiary/aromatic N) is 2. The molecule has 20 heavy (non-hydrogen) atoms. The van der Waals surface area contributed by atoms with Gasteiger partial charge in [-0.05, 0) is 49.4 Å². The average Bonchev–Trinajstić information content (AvgIpc) is 2.46. The van der Waals surface area contributed by atoms with E-state index in [9.17, 15) is 4.79 Å². The molecule has 1 aromatic rings. The number of hydrogen-bond acceptors (Lipinski definition) is 3. The maximum Gasteiger partial charge on any atom is 0.271 e. The number of nitrogens with one attached hydrogen (secondary N) is 1. The molecule has 0 heterocycles. The summed E-state index contributed by atoms with van der Waals surface area (Å²) in [6.45, 7) is 2.18. The number of anilines is 1. The molecule has 1 aliphatic carbocycles. The molecule has 1 fully saturated rings. The predicted molar refractivity (Wildman–Crippen MR) is 83.3 cm³/mol. The number of hydrazone groups is 1. The molecule has 2 rings (SSSR count). The lowest BCUT2D eigenvalue weighted by Gasteiger charge is -2.19. The van der Waals surface area contributed by atoms with Crippen LogP contribution in [-0.4, -0.2) is 25.7 Å². The molecule has 0 spiro atoms. The van der Waals surface area contributed by atoms with Gasteiger partial charge >= 0.3 is 0 Å². The van der Waals surface area contributed by atoms with E-state index in [0.29, 0.717) is 11.5 Å². The van der Waals surface area contributed by atoms with Gasteiger partial charge in [-0.1, -0.05) is 13.3 Å². The molecule has 4 nitrogen and oxygen atoms in total. The quantitative estimate of drug-likeness (QED) is 0.860. The fourth-order valence-electron chi connectivity index (χ4n) is 2.43. The van der Waals surface area contributed by atoms with Gasteiger partial charge in [0.25, 0.3) is 5.91 Å². The standard InChI is InChI=1S/C16H23N3O/c1-12-6-4-5-7-15(12)17-18-16(20)13-8-10-14(11-9-13)19(2)3/h8-12H,4-7H2,1-3H3,(H,18,20)/b17-15-. The van der Waals surface area contributed by atoms with Crippen molar-refractivity contribution < 1.29 is 4.79 Å². The summed E-state index contributed by atoms with van der Waals surface area (Å²) in [5, 5.41) is 4.30. The van der Waals surface area contributed by atoms with Crippen LogP contribution in [0, 0.1) is 5.92 Å². The molecule has 1 amide bonds. The number of hydrogen-bond donors (Lipinski definition) is 1. The van der Waals surface area contributed by atoms with Crippen molar-refractivity contribution >= 4 is 17.3 Å². The molecule has 0 radical (unpaired) electrons. The third-order valence-electron chi connectivity index (χ3n) is 3.84. The van der Waals surface area contributed by atoms with E-state index in [1.807, 2.05) is 43.3 Å². The zero-order chi connectivity index (χ0) is 14.5. The van der Waals surface area contributed by atoms with Crippen molar-refractivity contribution in [3.05, 3.63) is 29.8 Å². The molecule has 1 N–H and O–H groups in total. The average molecular weight is 273 g/mol. The molecule has 0 bridgehead atoms. The highest BCUT2D eigenvalue weighted by molar-refractivity contribution is 5.96. The summed E-state index contributed by atoms with van der Waals surface area (Å²) in [6.07, 6.45) is 4.62. The first-order valence-electron chi connectivity index (χ1n) is 7.22. The largest absolute Gasteiger partial charge is 0.378 e. The van der Waals surface area contributed by atoms with Gasteiger partial charge in [0.15, 0.2) is 0 Å². The van der Waals surface area contributed by atoms with E-state index in [4.69, 9.17) is 0 Å². The highest BCUT2D eigenvalue weighted by Crippen LogP contribution is 2.20. The van der Waals surface area contributed by atoms with Crippen molar-refractivity contribution in [3.63, 3.8) is 0 Å². The minimum Gasteiger partial charge on any atom is -0.378 e. The smallest absolute Gasteiger partial charge is 0.271 e. The van der Waals surface area contributed by atoms with Crippen molar-refractivity contribution in [2.45, 2.75) is 32.6 Å². The van der Waals surface area contributed by atoms with E-state index in [-0.39, 0.29) is 5.91 Å². The van der Waals surface area contributed by atoms with E-state index in [0.717, 1.165) is 17.8 Å². The zero-order valence-corrected chi connectivity index (χ0v) is 12.5. The van der Waals surface area contributed by atoms with E-state index in [1.165, 1.54) is 19.3 Å². The van der Waals surface area contributed by atoms with Crippen LogP contribution in [0.15, 0.2) is 29.4 Å². The maximum absolute atomic E-state index is 12.0. The number of benzene rings is 1. The van der Waals surface area contributed by atoms with Crippen LogP contribution in [0.1, 0.15) is 43.0 Å². The van der Waals surface area contributed by atoms with Crippen molar-refractivity contribution in [2.75, 3.05) is 19.0 Å². The van der Waals surface area contributed by atoms with Crippen LogP contribution in [0.2, 0.25) is 0 Å². The monoisotopic (exact) mass is 273 g/mol. The normalized spacial score (nSPS) is 20.8. The topological polar surface area (TPSA) is 44.7 Å². The Morgan fingerprint density at radius 2 is 1.95 bits per heavy atom. The summed E-state index contributed by atoms with van der Waals surface area (Å²) in [6, 6.07) is 7.53. The van der Waals surface area contributed by atoms with Crippen LogP contribution in [0.3, 0.4) is 0 Å². The van der Waals surface area contributed by atoms with Gasteiger partial charge in [-0.3, -0.25) is 4.79 Å². The van der Waals surface area contributed by atoms with Crippen molar-refractivity contribution in [1.29, 1.82) is 0 Å². The third kappa shape index (κ3) is 3.59. The van der Waals surface area contributed by atoms with Gasteiger partial charge < -0.3 is 4.90 Å². The van der Waals surface area contributed by atoms with Gasteiger partial charge in [0.05, 0.1) is 0 Å². The Balaban J connectivity index is 1.99. The third-order valence-corrected chi connectivity index (χ3v) is 3.84. The van der Waals surface area contributed by atoms with Crippen LogP contribution in [0.5, 0.6) is 0 Å². The number of rotatable bonds is 3. The lowest BCUT2D eigenvalue weighted by Crippen LogP contribution is -2.24. The lowest BCUT2D eigenvalue weighted by molar-refractivity contribution is 0.0954. The van der Waals surface area contributed by atoms with E-state index in [2.05, 4.69) is 17.5 Å². The molecule has 1 atom stereocenters. The highest BCUT2D eigenvalue weighted by atomic mass is 16.2. The van der Waals surface area contributed by atoms with E-state index < -0.39 is 0 Å². The van der Waals surface area contributed by atoms with Crippen molar-refractivity contribution in [2.24, 2.45) is 11.0 Å². The summed E-state index contributed by atoms with van der Waals surface area (Å²) in [7, 11) is 3.96. The Hall–Kier alpha value is -1.84. The molecule has 1 aliphatic rings. The second-order valence-electron chi connectivity index (χ2n) is 5.63. The summed E-state index contributed by atoms with van der Waals surface area (Å²) in [4.78, 5) is 14.0. The Kier molecular flexibility index (Phi) is 4.77. The van der Waals surface area contributed by atoms with Gasteiger partial charge in [-0.25, -0.2) is 5.43 Å². The Morgan fingerprint density at radius 3 is 2.55 bits per heavy atom. The number of amides is 1. The minimum absolute atomic E-state index is 0.138. The molecule has 4 heteroatoms. The molecule has 0 aromatic heterocycles. The highest BCUT2D eigenvalue weighted by Gasteiger charge is 2.16. The van der Waals surface area contributed by atoms with Gasteiger partial charge in [0.2, 0.25) is 0 Å². The maximum atomic E-state index is 12.0. The Labute approximate surface area is 120 Å². The first kappa shape index (κ1) is 14.6. The van der Waals surface area contributed by atoms with Crippen LogP contribution >= 0.6 is 0 Å². The summed E-state index contributed by atoms with van der Waals surface area (Å²) < 4.78 is 0. The zero-order valence-electron chi connectivity index (χ0n) is 12.5. The second kappa shape index (κ2) is 6.55. The Morgan fingerprint density at radius 1 is 1.25 bits per heavy atom.